The van der Waals surface area contributed by atoms with E-state index < -0.39 is 5.97 Å². The normalized spacial score (nSPS) is 11.9. The zero-order chi connectivity index (χ0) is 9.84. The van der Waals surface area contributed by atoms with Gasteiger partial charge in [-0.05, 0) is 13.8 Å². The number of H-pyrrole nitrogens is 1. The van der Waals surface area contributed by atoms with Gasteiger partial charge in [-0.25, -0.2) is 9.78 Å². The quantitative estimate of drug-likeness (QED) is 0.802. The molecule has 6 heteroatoms. The maximum absolute atomic E-state index is 10.2. The average molecular weight is 221 g/mol. The maximum Gasteiger partial charge on any atom is 0.329 e. The molecular formula is C8H13ClN2O3. The first-order valence-electron chi connectivity index (χ1n) is 3.95. The summed E-state index contributed by atoms with van der Waals surface area (Å²) < 4.78 is 5.01. The van der Waals surface area contributed by atoms with Crippen molar-refractivity contribution in [2.24, 2.45) is 0 Å². The molecule has 5 nitrogen and oxygen atoms in total. The molecule has 0 radical (unpaired) electrons. The van der Waals surface area contributed by atoms with E-state index in [4.69, 9.17) is 9.84 Å². The zero-order valence-corrected chi connectivity index (χ0v) is 8.80. The van der Waals surface area contributed by atoms with E-state index in [1.807, 2.05) is 6.92 Å². The van der Waals surface area contributed by atoms with Gasteiger partial charge in [-0.2, -0.15) is 0 Å². The molecule has 0 spiro atoms. The Hall–Kier alpha value is -1.07. The Morgan fingerprint density at radius 3 is 2.86 bits per heavy atom. The van der Waals surface area contributed by atoms with Crippen LogP contribution < -0.4 is 0 Å². The summed E-state index contributed by atoms with van der Waals surface area (Å²) >= 11 is 0. The molecule has 0 fully saturated rings. The lowest BCUT2D eigenvalue weighted by atomic mass is 10.4. The largest absolute Gasteiger partial charge is 0.480 e. The highest BCUT2D eigenvalue weighted by molar-refractivity contribution is 5.85. The van der Waals surface area contributed by atoms with Gasteiger partial charge in [-0.3, -0.25) is 0 Å². The number of halogens is 1. The predicted octanol–water partition coefficient (Wildman–Crippen LogP) is 1.30. The summed E-state index contributed by atoms with van der Waals surface area (Å²) in [6.45, 7) is 3.30. The second kappa shape index (κ2) is 5.62. The van der Waals surface area contributed by atoms with Crippen molar-refractivity contribution in [1.29, 1.82) is 0 Å². The number of carbonyl (C=O) groups is 1. The van der Waals surface area contributed by atoms with Crippen LogP contribution in [0.4, 0.5) is 0 Å². The molecule has 0 aliphatic heterocycles. The lowest BCUT2D eigenvalue weighted by Crippen LogP contribution is -2.10. The van der Waals surface area contributed by atoms with Crippen LogP contribution >= 0.6 is 12.4 Å². The molecule has 0 aliphatic rings. The van der Waals surface area contributed by atoms with Gasteiger partial charge in [0.15, 0.2) is 0 Å². The van der Waals surface area contributed by atoms with E-state index in [1.54, 1.807) is 13.1 Å². The van der Waals surface area contributed by atoms with Crippen LogP contribution in [0.1, 0.15) is 24.5 Å². The fraction of sp³-hybridized carbons (Fsp3) is 0.500. The first-order valence-corrected chi connectivity index (χ1v) is 3.95. The Labute approximate surface area is 87.9 Å². The number of aromatic nitrogens is 2. The second-order valence-electron chi connectivity index (χ2n) is 2.77. The second-order valence-corrected chi connectivity index (χ2v) is 2.77. The van der Waals surface area contributed by atoms with E-state index in [2.05, 4.69) is 9.97 Å². The Morgan fingerprint density at radius 2 is 2.43 bits per heavy atom. The summed E-state index contributed by atoms with van der Waals surface area (Å²) in [5.41, 5.74) is 0.862. The third-order valence-corrected chi connectivity index (χ3v) is 1.57. The number of nitrogens with zero attached hydrogens (tertiary/aromatic N) is 1. The monoisotopic (exact) mass is 220 g/mol. The van der Waals surface area contributed by atoms with Crippen LogP contribution in [0.3, 0.4) is 0 Å². The van der Waals surface area contributed by atoms with Crippen molar-refractivity contribution >= 4 is 18.4 Å². The molecule has 0 amide bonds. The van der Waals surface area contributed by atoms with Crippen LogP contribution in [0.2, 0.25) is 0 Å². The first-order chi connectivity index (χ1) is 6.09. The molecule has 0 aromatic carbocycles. The number of carboxylic acids is 1. The lowest BCUT2D eigenvalue weighted by Gasteiger charge is -2.07. The minimum Gasteiger partial charge on any atom is -0.480 e. The SMILES string of the molecule is Cc1c[nH]c(C(C)OCC(=O)O)n1.Cl. The number of imidazole rings is 1. The van der Waals surface area contributed by atoms with Gasteiger partial charge < -0.3 is 14.8 Å². The van der Waals surface area contributed by atoms with Crippen molar-refractivity contribution in [2.75, 3.05) is 6.61 Å². The molecule has 0 bridgehead atoms. The summed E-state index contributed by atoms with van der Waals surface area (Å²) in [5.74, 6) is -0.325. The number of ether oxygens (including phenoxy) is 1. The fourth-order valence-electron chi connectivity index (χ4n) is 0.916. The average Bonchev–Trinajstić information content (AvgIpc) is 2.47. The fourth-order valence-corrected chi connectivity index (χ4v) is 0.916. The standard InChI is InChI=1S/C8H12N2O3.ClH/c1-5-3-9-8(10-5)6(2)13-4-7(11)12;/h3,6H,4H2,1-2H3,(H,9,10)(H,11,12);1H. The first kappa shape index (κ1) is 12.9. The number of aliphatic carboxylic acids is 1. The predicted molar refractivity (Wildman–Crippen MR) is 52.6 cm³/mol. The molecule has 14 heavy (non-hydrogen) atoms. The zero-order valence-electron chi connectivity index (χ0n) is 7.98. The molecule has 0 saturated heterocycles. The summed E-state index contributed by atoms with van der Waals surface area (Å²) in [4.78, 5) is 17.2. The third kappa shape index (κ3) is 3.76. The maximum atomic E-state index is 10.2. The van der Waals surface area contributed by atoms with Crippen molar-refractivity contribution in [2.45, 2.75) is 20.0 Å². The van der Waals surface area contributed by atoms with E-state index in [9.17, 15) is 4.79 Å². The van der Waals surface area contributed by atoms with Crippen LogP contribution in [0.25, 0.3) is 0 Å². The van der Waals surface area contributed by atoms with E-state index in [0.717, 1.165) is 5.69 Å². The summed E-state index contributed by atoms with van der Waals surface area (Å²) in [7, 11) is 0. The molecule has 2 N–H and O–H groups in total. The van der Waals surface area contributed by atoms with Crippen molar-refractivity contribution in [1.82, 2.24) is 9.97 Å². The van der Waals surface area contributed by atoms with E-state index >= 15 is 0 Å². The van der Waals surface area contributed by atoms with Crippen LogP contribution in [-0.2, 0) is 9.53 Å². The van der Waals surface area contributed by atoms with Crippen LogP contribution in [0.5, 0.6) is 0 Å². The molecule has 0 aliphatic carbocycles. The third-order valence-electron chi connectivity index (χ3n) is 1.57. The number of rotatable bonds is 4. The van der Waals surface area contributed by atoms with Crippen molar-refractivity contribution in [3.05, 3.63) is 17.7 Å². The van der Waals surface area contributed by atoms with E-state index in [1.165, 1.54) is 0 Å². The van der Waals surface area contributed by atoms with Crippen LogP contribution in [0, 0.1) is 6.92 Å². The molecule has 1 unspecified atom stereocenters. The summed E-state index contributed by atoms with van der Waals surface area (Å²) in [6.07, 6.45) is 1.43. The molecule has 0 saturated carbocycles. The topological polar surface area (TPSA) is 75.2 Å². The number of aromatic amines is 1. The number of nitrogens with one attached hydrogen (secondary N) is 1. The van der Waals surface area contributed by atoms with Gasteiger partial charge in [0.1, 0.15) is 18.5 Å². The molecule has 1 atom stereocenters. The number of aryl methyl sites for hydroxylation is 1. The van der Waals surface area contributed by atoms with Crippen molar-refractivity contribution in [3.8, 4) is 0 Å². The molecule has 1 aromatic heterocycles. The Balaban J connectivity index is 0.00000169. The van der Waals surface area contributed by atoms with Gasteiger partial charge in [0, 0.05) is 6.20 Å². The number of hydrogen-bond donors (Lipinski definition) is 2. The van der Waals surface area contributed by atoms with Crippen LogP contribution in [-0.4, -0.2) is 27.7 Å². The number of carboxylic acid groups (broad SMARTS) is 1. The van der Waals surface area contributed by atoms with Gasteiger partial charge >= 0.3 is 5.97 Å². The minimum atomic E-state index is -0.977. The molecule has 1 aromatic rings. The van der Waals surface area contributed by atoms with Gasteiger partial charge in [0.2, 0.25) is 0 Å². The van der Waals surface area contributed by atoms with E-state index in [-0.39, 0.29) is 25.1 Å². The molecule has 1 rings (SSSR count). The summed E-state index contributed by atoms with van der Waals surface area (Å²) in [5, 5.41) is 8.36. The minimum absolute atomic E-state index is 0. The Bertz CT molecular complexity index is 301. The van der Waals surface area contributed by atoms with Gasteiger partial charge in [0.25, 0.3) is 0 Å². The van der Waals surface area contributed by atoms with Gasteiger partial charge in [0.05, 0.1) is 5.69 Å². The molecule has 80 valence electrons. The number of hydrogen-bond acceptors (Lipinski definition) is 3. The van der Waals surface area contributed by atoms with E-state index in [0.29, 0.717) is 5.82 Å². The Kier molecular flexibility index (Phi) is 5.19. The summed E-state index contributed by atoms with van der Waals surface area (Å²) in [6, 6.07) is 0. The molecular weight excluding hydrogens is 208 g/mol. The van der Waals surface area contributed by atoms with Gasteiger partial charge in [-0.1, -0.05) is 0 Å². The van der Waals surface area contributed by atoms with Crippen LogP contribution in [0.15, 0.2) is 6.20 Å². The lowest BCUT2D eigenvalue weighted by molar-refractivity contribution is -0.144. The molecule has 1 heterocycles. The smallest absolute Gasteiger partial charge is 0.329 e. The Morgan fingerprint density at radius 1 is 1.79 bits per heavy atom. The highest BCUT2D eigenvalue weighted by Crippen LogP contribution is 2.11. The van der Waals surface area contributed by atoms with Crippen molar-refractivity contribution < 1.29 is 14.6 Å². The van der Waals surface area contributed by atoms with Crippen molar-refractivity contribution in [3.63, 3.8) is 0 Å². The van der Waals surface area contributed by atoms with Gasteiger partial charge in [-0.15, -0.1) is 12.4 Å². The highest BCUT2D eigenvalue weighted by atomic mass is 35.5. The highest BCUT2D eigenvalue weighted by Gasteiger charge is 2.10.